The Labute approximate surface area is 148 Å². The lowest BCUT2D eigenvalue weighted by molar-refractivity contribution is -0.138. The van der Waals surface area contributed by atoms with Gasteiger partial charge >= 0.3 is 0 Å². The molecule has 1 saturated heterocycles. The summed E-state index contributed by atoms with van der Waals surface area (Å²) in [6, 6.07) is 7.88. The van der Waals surface area contributed by atoms with Gasteiger partial charge in [0.25, 0.3) is 0 Å². The van der Waals surface area contributed by atoms with Crippen molar-refractivity contribution in [2.75, 3.05) is 57.9 Å². The Hall–Kier alpha value is -2.28. The van der Waals surface area contributed by atoms with E-state index in [4.69, 9.17) is 9.47 Å². The second-order valence-electron chi connectivity index (χ2n) is 5.88. The van der Waals surface area contributed by atoms with Crippen LogP contribution in [0, 0.1) is 0 Å². The summed E-state index contributed by atoms with van der Waals surface area (Å²) >= 11 is 0. The fourth-order valence-corrected chi connectivity index (χ4v) is 2.73. The van der Waals surface area contributed by atoms with Crippen LogP contribution in [0.25, 0.3) is 0 Å². The summed E-state index contributed by atoms with van der Waals surface area (Å²) in [5.41, 5.74) is 1.04. The first kappa shape index (κ1) is 19.1. The molecule has 2 amide bonds. The third-order valence-corrected chi connectivity index (χ3v) is 4.09. The molecular weight excluding hydrogens is 322 g/mol. The molecule has 1 aliphatic heterocycles. The molecule has 0 aliphatic carbocycles. The number of rotatable bonds is 8. The molecule has 1 aromatic rings. The minimum absolute atomic E-state index is 0.0613. The molecule has 1 N–H and O–H groups in total. The van der Waals surface area contributed by atoms with E-state index in [-0.39, 0.29) is 25.0 Å². The first-order valence-corrected chi connectivity index (χ1v) is 8.66. The molecule has 25 heavy (non-hydrogen) atoms. The molecule has 1 aliphatic rings. The fraction of sp³-hybridized carbons (Fsp3) is 0.556. The third-order valence-electron chi connectivity index (χ3n) is 4.09. The molecule has 1 fully saturated rings. The number of carbonyl (C=O) groups excluding carboxylic acids is 2. The molecule has 7 heteroatoms. The maximum Gasteiger partial charge on any atom is 0.248 e. The largest absolute Gasteiger partial charge is 0.495 e. The molecule has 0 unspecified atom stereocenters. The number of methoxy groups -OCH3 is 1. The standard InChI is InChI=1S/C18H27N3O4/c1-3-8-19-17(22)13-25-14-18(23)21-11-9-20(10-12-21)15-6-4-5-7-16(15)24-2/h4-7H,3,8-14H2,1-2H3,(H,19,22). The van der Waals surface area contributed by atoms with Crippen molar-refractivity contribution >= 4 is 17.5 Å². The molecule has 0 atom stereocenters. The molecule has 0 spiro atoms. The van der Waals surface area contributed by atoms with Gasteiger partial charge < -0.3 is 24.6 Å². The second-order valence-corrected chi connectivity index (χ2v) is 5.88. The van der Waals surface area contributed by atoms with Crippen LogP contribution in [0.4, 0.5) is 5.69 Å². The number of benzene rings is 1. The summed E-state index contributed by atoms with van der Waals surface area (Å²) in [4.78, 5) is 27.6. The van der Waals surface area contributed by atoms with E-state index in [0.29, 0.717) is 19.6 Å². The van der Waals surface area contributed by atoms with Crippen molar-refractivity contribution in [2.45, 2.75) is 13.3 Å². The summed E-state index contributed by atoms with van der Waals surface area (Å²) in [6.45, 7) is 5.20. The first-order chi connectivity index (χ1) is 12.2. The van der Waals surface area contributed by atoms with E-state index in [2.05, 4.69) is 10.2 Å². The van der Waals surface area contributed by atoms with E-state index in [9.17, 15) is 9.59 Å². The van der Waals surface area contributed by atoms with Gasteiger partial charge in [-0.3, -0.25) is 9.59 Å². The van der Waals surface area contributed by atoms with Gasteiger partial charge in [0, 0.05) is 32.7 Å². The zero-order valence-corrected chi connectivity index (χ0v) is 15.0. The van der Waals surface area contributed by atoms with Crippen molar-refractivity contribution in [3.8, 4) is 5.75 Å². The van der Waals surface area contributed by atoms with Crippen molar-refractivity contribution in [3.63, 3.8) is 0 Å². The van der Waals surface area contributed by atoms with Gasteiger partial charge in [-0.25, -0.2) is 0 Å². The Bertz CT molecular complexity index is 571. The summed E-state index contributed by atoms with van der Waals surface area (Å²) in [5, 5.41) is 2.71. The van der Waals surface area contributed by atoms with Crippen molar-refractivity contribution in [1.29, 1.82) is 0 Å². The molecule has 0 bridgehead atoms. The topological polar surface area (TPSA) is 71.1 Å². The van der Waals surface area contributed by atoms with Gasteiger partial charge in [-0.2, -0.15) is 0 Å². The van der Waals surface area contributed by atoms with Gasteiger partial charge in [0.1, 0.15) is 19.0 Å². The van der Waals surface area contributed by atoms with Gasteiger partial charge in [0.15, 0.2) is 0 Å². The average molecular weight is 349 g/mol. The zero-order chi connectivity index (χ0) is 18.1. The zero-order valence-electron chi connectivity index (χ0n) is 15.0. The van der Waals surface area contributed by atoms with E-state index < -0.39 is 0 Å². The van der Waals surface area contributed by atoms with Crippen molar-refractivity contribution in [1.82, 2.24) is 10.2 Å². The lowest BCUT2D eigenvalue weighted by atomic mass is 10.2. The van der Waals surface area contributed by atoms with Gasteiger partial charge in [0.2, 0.25) is 11.8 Å². The fourth-order valence-electron chi connectivity index (χ4n) is 2.73. The van der Waals surface area contributed by atoms with Gasteiger partial charge in [-0.05, 0) is 18.6 Å². The van der Waals surface area contributed by atoms with E-state index in [1.54, 1.807) is 12.0 Å². The Kier molecular flexibility index (Phi) is 7.53. The molecule has 0 saturated carbocycles. The SMILES string of the molecule is CCCNC(=O)COCC(=O)N1CCN(c2ccccc2OC)CC1. The number of hydrogen-bond acceptors (Lipinski definition) is 5. The normalized spacial score (nSPS) is 14.3. The lowest BCUT2D eigenvalue weighted by Crippen LogP contribution is -2.50. The number of ether oxygens (including phenoxy) is 2. The summed E-state index contributed by atoms with van der Waals surface area (Å²) < 4.78 is 10.6. The Morgan fingerprint density at radius 2 is 1.84 bits per heavy atom. The van der Waals surface area contributed by atoms with Crippen molar-refractivity contribution < 1.29 is 19.1 Å². The summed E-state index contributed by atoms with van der Waals surface area (Å²) in [6.07, 6.45) is 0.876. The van der Waals surface area contributed by atoms with E-state index in [1.165, 1.54) is 0 Å². The Morgan fingerprint density at radius 3 is 2.52 bits per heavy atom. The van der Waals surface area contributed by atoms with Crippen LogP contribution in [0.15, 0.2) is 24.3 Å². The van der Waals surface area contributed by atoms with E-state index in [1.807, 2.05) is 31.2 Å². The number of anilines is 1. The monoisotopic (exact) mass is 349 g/mol. The summed E-state index contributed by atoms with van der Waals surface area (Å²) in [5.74, 6) is 0.572. The highest BCUT2D eigenvalue weighted by molar-refractivity contribution is 5.80. The van der Waals surface area contributed by atoms with Gasteiger partial charge in [-0.15, -0.1) is 0 Å². The van der Waals surface area contributed by atoms with Crippen LogP contribution in [-0.2, 0) is 14.3 Å². The summed E-state index contributed by atoms with van der Waals surface area (Å²) in [7, 11) is 1.66. The number of carbonyl (C=O) groups is 2. The van der Waals surface area contributed by atoms with Crippen LogP contribution >= 0.6 is 0 Å². The number of nitrogens with one attached hydrogen (secondary N) is 1. The predicted octanol–water partition coefficient (Wildman–Crippen LogP) is 0.887. The van der Waals surface area contributed by atoms with Gasteiger partial charge in [0.05, 0.1) is 12.8 Å². The molecule has 7 nitrogen and oxygen atoms in total. The lowest BCUT2D eigenvalue weighted by Gasteiger charge is -2.36. The molecule has 0 radical (unpaired) electrons. The quantitative estimate of drug-likeness (QED) is 0.755. The van der Waals surface area contributed by atoms with Gasteiger partial charge in [-0.1, -0.05) is 19.1 Å². The highest BCUT2D eigenvalue weighted by Gasteiger charge is 2.22. The van der Waals surface area contributed by atoms with Crippen LogP contribution in [0.5, 0.6) is 5.75 Å². The molecule has 0 aromatic heterocycles. The van der Waals surface area contributed by atoms with Crippen LogP contribution in [-0.4, -0.2) is 69.8 Å². The smallest absolute Gasteiger partial charge is 0.248 e. The van der Waals surface area contributed by atoms with E-state index >= 15 is 0 Å². The molecule has 138 valence electrons. The second kappa shape index (κ2) is 9.88. The van der Waals surface area contributed by atoms with Crippen LogP contribution in [0.2, 0.25) is 0 Å². The number of piperazine rings is 1. The average Bonchev–Trinajstić information content (AvgIpc) is 2.66. The molecular formula is C18H27N3O4. The first-order valence-electron chi connectivity index (χ1n) is 8.66. The molecule has 2 rings (SSSR count). The van der Waals surface area contributed by atoms with Crippen LogP contribution < -0.4 is 15.0 Å². The third kappa shape index (κ3) is 5.63. The number of hydrogen-bond donors (Lipinski definition) is 1. The van der Waals surface area contributed by atoms with Crippen molar-refractivity contribution in [2.24, 2.45) is 0 Å². The Morgan fingerprint density at radius 1 is 1.12 bits per heavy atom. The van der Waals surface area contributed by atoms with Crippen molar-refractivity contribution in [3.05, 3.63) is 24.3 Å². The number of para-hydroxylation sites is 2. The molecule has 1 aromatic carbocycles. The maximum atomic E-state index is 12.2. The number of amides is 2. The minimum Gasteiger partial charge on any atom is -0.495 e. The maximum absolute atomic E-state index is 12.2. The number of nitrogens with zero attached hydrogens (tertiary/aromatic N) is 2. The predicted molar refractivity (Wildman–Crippen MR) is 95.9 cm³/mol. The molecule has 1 heterocycles. The minimum atomic E-state index is -0.185. The highest BCUT2D eigenvalue weighted by atomic mass is 16.5. The van der Waals surface area contributed by atoms with Crippen LogP contribution in [0.3, 0.4) is 0 Å². The Balaban J connectivity index is 1.74. The highest BCUT2D eigenvalue weighted by Crippen LogP contribution is 2.28. The van der Waals surface area contributed by atoms with Crippen LogP contribution in [0.1, 0.15) is 13.3 Å². The van der Waals surface area contributed by atoms with E-state index in [0.717, 1.165) is 30.9 Å².